The minimum absolute atomic E-state index is 0.124. The van der Waals surface area contributed by atoms with Crippen molar-refractivity contribution in [2.45, 2.75) is 19.9 Å². The highest BCUT2D eigenvalue weighted by Crippen LogP contribution is 2.12. The molecule has 4 nitrogen and oxygen atoms in total. The Morgan fingerprint density at radius 1 is 1.26 bits per heavy atom. The van der Waals surface area contributed by atoms with Crippen LogP contribution in [-0.2, 0) is 11.3 Å². The summed E-state index contributed by atoms with van der Waals surface area (Å²) in [7, 11) is 0. The second-order valence-electron chi connectivity index (χ2n) is 5.64. The van der Waals surface area contributed by atoms with Crippen LogP contribution in [0.25, 0.3) is 0 Å². The van der Waals surface area contributed by atoms with E-state index in [1.165, 1.54) is 6.07 Å². The van der Waals surface area contributed by atoms with Crippen molar-refractivity contribution in [3.05, 3.63) is 35.6 Å². The fourth-order valence-corrected chi connectivity index (χ4v) is 2.89. The van der Waals surface area contributed by atoms with E-state index in [0.29, 0.717) is 6.54 Å². The Morgan fingerprint density at radius 3 is 2.70 bits per heavy atom. The van der Waals surface area contributed by atoms with Crippen LogP contribution in [0.4, 0.5) is 4.39 Å². The lowest BCUT2D eigenvalue weighted by atomic mass is 10.2. The molecule has 1 aliphatic rings. The third-order valence-electron chi connectivity index (χ3n) is 3.96. The molecule has 0 unspecified atom stereocenters. The van der Waals surface area contributed by atoms with Crippen LogP contribution in [0.3, 0.4) is 0 Å². The summed E-state index contributed by atoms with van der Waals surface area (Å²) in [5, 5.41) is 4.10. The van der Waals surface area contributed by atoms with Gasteiger partial charge in [-0.25, -0.2) is 4.39 Å². The zero-order chi connectivity index (χ0) is 16.5. The van der Waals surface area contributed by atoms with Crippen LogP contribution in [0, 0.1) is 5.82 Å². The van der Waals surface area contributed by atoms with Gasteiger partial charge in [-0.3, -0.25) is 4.90 Å². The first-order chi connectivity index (χ1) is 11.2. The second-order valence-corrected chi connectivity index (χ2v) is 6.02. The van der Waals surface area contributed by atoms with Crippen LogP contribution in [0.5, 0.6) is 0 Å². The number of nitrogens with zero attached hydrogens (tertiary/aromatic N) is 2. The van der Waals surface area contributed by atoms with E-state index in [1.54, 1.807) is 6.07 Å². The fourth-order valence-electron chi connectivity index (χ4n) is 2.60. The van der Waals surface area contributed by atoms with Crippen molar-refractivity contribution in [2.75, 3.05) is 45.9 Å². The molecule has 0 bridgehead atoms. The van der Waals surface area contributed by atoms with Gasteiger partial charge in [0, 0.05) is 58.0 Å². The van der Waals surface area contributed by atoms with Gasteiger partial charge in [0.15, 0.2) is 5.11 Å². The molecule has 0 aliphatic carbocycles. The van der Waals surface area contributed by atoms with Crippen LogP contribution >= 0.6 is 12.2 Å². The van der Waals surface area contributed by atoms with Crippen LogP contribution < -0.4 is 5.32 Å². The maximum Gasteiger partial charge on any atom is 0.169 e. The number of benzene rings is 1. The number of nitrogens with one attached hydrogen (secondary N) is 1. The largest absolute Gasteiger partial charge is 0.382 e. The van der Waals surface area contributed by atoms with Gasteiger partial charge in [0.25, 0.3) is 0 Å². The van der Waals surface area contributed by atoms with Crippen LogP contribution in [-0.4, -0.2) is 60.8 Å². The molecule has 1 N–H and O–H groups in total. The van der Waals surface area contributed by atoms with Crippen LogP contribution in [0.2, 0.25) is 0 Å². The third-order valence-corrected chi connectivity index (χ3v) is 4.36. The highest BCUT2D eigenvalue weighted by molar-refractivity contribution is 7.80. The predicted octanol–water partition coefficient (Wildman–Crippen LogP) is 2.24. The van der Waals surface area contributed by atoms with Crippen molar-refractivity contribution in [2.24, 2.45) is 0 Å². The minimum atomic E-state index is -0.124. The molecular formula is C17H26FN3OS. The molecule has 1 saturated heterocycles. The molecular weight excluding hydrogens is 313 g/mol. The van der Waals surface area contributed by atoms with Gasteiger partial charge in [0.05, 0.1) is 0 Å². The van der Waals surface area contributed by atoms with Crippen molar-refractivity contribution in [3.8, 4) is 0 Å². The molecule has 23 heavy (non-hydrogen) atoms. The Bertz CT molecular complexity index is 492. The maximum atomic E-state index is 13.7. The molecule has 1 aliphatic heterocycles. The molecule has 0 spiro atoms. The van der Waals surface area contributed by atoms with E-state index in [1.807, 2.05) is 19.1 Å². The van der Waals surface area contributed by atoms with Crippen molar-refractivity contribution >= 4 is 17.3 Å². The Labute approximate surface area is 143 Å². The quantitative estimate of drug-likeness (QED) is 0.608. The molecule has 1 aromatic rings. The summed E-state index contributed by atoms with van der Waals surface area (Å²) in [5.41, 5.74) is 0.762. The van der Waals surface area contributed by atoms with E-state index < -0.39 is 0 Å². The van der Waals surface area contributed by atoms with Crippen molar-refractivity contribution in [3.63, 3.8) is 0 Å². The summed E-state index contributed by atoms with van der Waals surface area (Å²) in [5.74, 6) is -0.124. The molecule has 1 heterocycles. The van der Waals surface area contributed by atoms with Gasteiger partial charge in [-0.15, -0.1) is 0 Å². The minimum Gasteiger partial charge on any atom is -0.382 e. The first kappa shape index (κ1) is 18.1. The summed E-state index contributed by atoms with van der Waals surface area (Å²) in [6, 6.07) is 6.99. The molecule has 1 fully saturated rings. The third kappa shape index (κ3) is 6.05. The molecule has 128 valence electrons. The molecule has 0 aromatic heterocycles. The van der Waals surface area contributed by atoms with Gasteiger partial charge in [-0.05, 0) is 31.6 Å². The first-order valence-corrected chi connectivity index (χ1v) is 8.68. The molecule has 0 radical (unpaired) electrons. The lowest BCUT2D eigenvalue weighted by Crippen LogP contribution is -2.51. The Hall–Kier alpha value is -1.24. The van der Waals surface area contributed by atoms with Crippen LogP contribution in [0.15, 0.2) is 24.3 Å². The van der Waals surface area contributed by atoms with E-state index >= 15 is 0 Å². The van der Waals surface area contributed by atoms with E-state index in [0.717, 1.165) is 63.0 Å². The van der Waals surface area contributed by atoms with Crippen molar-refractivity contribution < 1.29 is 9.13 Å². The normalized spacial score (nSPS) is 15.7. The van der Waals surface area contributed by atoms with Gasteiger partial charge < -0.3 is 15.0 Å². The van der Waals surface area contributed by atoms with Gasteiger partial charge in [-0.1, -0.05) is 18.2 Å². The average molecular weight is 339 g/mol. The highest BCUT2D eigenvalue weighted by atomic mass is 32.1. The smallest absolute Gasteiger partial charge is 0.169 e. The van der Waals surface area contributed by atoms with E-state index in [-0.39, 0.29) is 5.82 Å². The second kappa shape index (κ2) is 9.80. The van der Waals surface area contributed by atoms with Gasteiger partial charge in [-0.2, -0.15) is 0 Å². The number of hydrogen-bond acceptors (Lipinski definition) is 3. The standard InChI is InChI=1S/C17H26FN3OS/c1-2-22-13-5-8-19-17(23)21-11-9-20(10-12-21)14-15-6-3-4-7-16(15)18/h3-4,6-7H,2,5,8-14H2,1H3,(H,19,23). The number of piperazine rings is 1. The Balaban J connectivity index is 1.67. The topological polar surface area (TPSA) is 27.7 Å². The maximum absolute atomic E-state index is 13.7. The summed E-state index contributed by atoms with van der Waals surface area (Å²) < 4.78 is 19.0. The zero-order valence-corrected chi connectivity index (χ0v) is 14.6. The first-order valence-electron chi connectivity index (χ1n) is 8.27. The number of ether oxygens (including phenoxy) is 1. The van der Waals surface area contributed by atoms with Gasteiger partial charge >= 0.3 is 0 Å². The molecule has 0 amide bonds. The zero-order valence-electron chi connectivity index (χ0n) is 13.8. The molecule has 0 saturated carbocycles. The summed E-state index contributed by atoms with van der Waals surface area (Å²) >= 11 is 5.44. The lowest BCUT2D eigenvalue weighted by molar-refractivity contribution is 0.145. The molecule has 6 heteroatoms. The predicted molar refractivity (Wildman–Crippen MR) is 95.0 cm³/mol. The fraction of sp³-hybridized carbons (Fsp3) is 0.588. The molecule has 0 atom stereocenters. The molecule has 1 aromatic carbocycles. The van der Waals surface area contributed by atoms with Crippen molar-refractivity contribution in [1.29, 1.82) is 0 Å². The van der Waals surface area contributed by atoms with Gasteiger partial charge in [0.2, 0.25) is 0 Å². The summed E-state index contributed by atoms with van der Waals surface area (Å²) in [6.07, 6.45) is 0.960. The Morgan fingerprint density at radius 2 is 2.00 bits per heavy atom. The van der Waals surface area contributed by atoms with Crippen molar-refractivity contribution in [1.82, 2.24) is 15.1 Å². The SMILES string of the molecule is CCOCCCNC(=S)N1CCN(Cc2ccccc2F)CC1. The monoisotopic (exact) mass is 339 g/mol. The number of halogens is 1. The summed E-state index contributed by atoms with van der Waals surface area (Å²) in [6.45, 7) is 8.58. The van der Waals surface area contributed by atoms with E-state index in [9.17, 15) is 4.39 Å². The average Bonchev–Trinajstić information content (AvgIpc) is 2.57. The summed E-state index contributed by atoms with van der Waals surface area (Å²) in [4.78, 5) is 4.46. The number of rotatable bonds is 7. The lowest BCUT2D eigenvalue weighted by Gasteiger charge is -2.36. The Kier molecular flexibility index (Phi) is 7.71. The van der Waals surface area contributed by atoms with E-state index in [2.05, 4.69) is 15.1 Å². The van der Waals surface area contributed by atoms with Crippen LogP contribution in [0.1, 0.15) is 18.9 Å². The highest BCUT2D eigenvalue weighted by Gasteiger charge is 2.19. The molecule has 2 rings (SSSR count). The number of thiocarbonyl (C=S) groups is 1. The van der Waals surface area contributed by atoms with E-state index in [4.69, 9.17) is 17.0 Å². The van der Waals surface area contributed by atoms with Gasteiger partial charge in [0.1, 0.15) is 5.82 Å². The number of hydrogen-bond donors (Lipinski definition) is 1.